The van der Waals surface area contributed by atoms with Crippen molar-refractivity contribution in [3.05, 3.63) is 48.8 Å². The van der Waals surface area contributed by atoms with Crippen LogP contribution in [0.15, 0.2) is 48.8 Å². The van der Waals surface area contributed by atoms with E-state index in [1.165, 1.54) is 0 Å². The molecule has 2 heterocycles. The molecule has 2 N–H and O–H groups in total. The lowest BCUT2D eigenvalue weighted by Gasteiger charge is -2.06. The number of aromatic nitrogens is 2. The monoisotopic (exact) mass is 226 g/mol. The normalized spacial score (nSPS) is 10.6. The molecule has 3 aromatic rings. The second-order valence-corrected chi connectivity index (χ2v) is 3.65. The number of phenolic OH excluding ortho intramolecular Hbond substituents is 1. The number of hydrogen-bond donors (Lipinski definition) is 2. The molecule has 0 unspecified atom stereocenters. The van der Waals surface area contributed by atoms with E-state index >= 15 is 0 Å². The predicted molar refractivity (Wildman–Crippen MR) is 64.3 cm³/mol. The average Bonchev–Trinajstić information content (AvgIpc) is 2.81. The lowest BCUT2D eigenvalue weighted by molar-refractivity contribution is 0.466. The Kier molecular flexibility index (Phi) is 2.19. The number of fused-ring (bicyclic) bond motifs is 1. The SMILES string of the molecule is Oc1ccc(Oc2ccnc3[nH]ccc23)cc1. The van der Waals surface area contributed by atoms with E-state index in [1.807, 2.05) is 18.3 Å². The summed E-state index contributed by atoms with van der Waals surface area (Å²) in [5, 5.41) is 10.1. The molecule has 2 aromatic heterocycles. The summed E-state index contributed by atoms with van der Waals surface area (Å²) in [6.45, 7) is 0. The van der Waals surface area contributed by atoms with Crippen molar-refractivity contribution in [1.29, 1.82) is 0 Å². The Hall–Kier alpha value is -2.49. The Morgan fingerprint density at radius 2 is 1.88 bits per heavy atom. The Morgan fingerprint density at radius 1 is 1.06 bits per heavy atom. The van der Waals surface area contributed by atoms with E-state index in [-0.39, 0.29) is 5.75 Å². The lowest BCUT2D eigenvalue weighted by Crippen LogP contribution is -1.85. The molecular weight excluding hydrogens is 216 g/mol. The summed E-state index contributed by atoms with van der Waals surface area (Å²) in [4.78, 5) is 7.21. The zero-order valence-electron chi connectivity index (χ0n) is 8.92. The number of pyridine rings is 1. The number of H-pyrrole nitrogens is 1. The summed E-state index contributed by atoms with van der Waals surface area (Å²) >= 11 is 0. The van der Waals surface area contributed by atoms with E-state index in [4.69, 9.17) is 4.74 Å². The highest BCUT2D eigenvalue weighted by Gasteiger charge is 2.04. The fourth-order valence-electron chi connectivity index (χ4n) is 1.67. The van der Waals surface area contributed by atoms with Crippen LogP contribution in [0.3, 0.4) is 0 Å². The van der Waals surface area contributed by atoms with Crippen molar-refractivity contribution < 1.29 is 9.84 Å². The molecule has 0 amide bonds. The van der Waals surface area contributed by atoms with Crippen molar-refractivity contribution in [3.8, 4) is 17.2 Å². The lowest BCUT2D eigenvalue weighted by atomic mass is 10.3. The van der Waals surface area contributed by atoms with Gasteiger partial charge in [0.15, 0.2) is 0 Å². The molecule has 0 aliphatic heterocycles. The predicted octanol–water partition coefficient (Wildman–Crippen LogP) is 3.06. The first-order valence-electron chi connectivity index (χ1n) is 5.22. The van der Waals surface area contributed by atoms with Crippen LogP contribution in [0.4, 0.5) is 0 Å². The van der Waals surface area contributed by atoms with Crippen molar-refractivity contribution in [2.24, 2.45) is 0 Å². The molecule has 0 saturated heterocycles. The standard InChI is InChI=1S/C13H10N2O2/c16-9-1-3-10(4-2-9)17-12-6-8-15-13-11(12)5-7-14-13/h1-8,16H,(H,14,15). The number of aromatic amines is 1. The highest BCUT2D eigenvalue weighted by atomic mass is 16.5. The first-order valence-corrected chi connectivity index (χ1v) is 5.22. The number of aromatic hydroxyl groups is 1. The van der Waals surface area contributed by atoms with Crippen molar-refractivity contribution >= 4 is 11.0 Å². The van der Waals surface area contributed by atoms with E-state index < -0.39 is 0 Å². The number of phenols is 1. The van der Waals surface area contributed by atoms with Gasteiger partial charge >= 0.3 is 0 Å². The van der Waals surface area contributed by atoms with Gasteiger partial charge in [-0.3, -0.25) is 0 Å². The first-order chi connectivity index (χ1) is 8.33. The van der Waals surface area contributed by atoms with Crippen molar-refractivity contribution in [3.63, 3.8) is 0 Å². The van der Waals surface area contributed by atoms with Crippen LogP contribution in [-0.2, 0) is 0 Å². The Balaban J connectivity index is 1.99. The fraction of sp³-hybridized carbons (Fsp3) is 0. The first kappa shape index (κ1) is 9.72. The quantitative estimate of drug-likeness (QED) is 0.706. The van der Waals surface area contributed by atoms with Crippen LogP contribution in [0.2, 0.25) is 0 Å². The van der Waals surface area contributed by atoms with Gasteiger partial charge in [0.2, 0.25) is 0 Å². The largest absolute Gasteiger partial charge is 0.508 e. The summed E-state index contributed by atoms with van der Waals surface area (Å²) in [6.07, 6.45) is 3.51. The van der Waals surface area contributed by atoms with E-state index in [1.54, 1.807) is 30.5 Å². The van der Waals surface area contributed by atoms with Crippen LogP contribution in [0.5, 0.6) is 17.2 Å². The number of rotatable bonds is 2. The van der Waals surface area contributed by atoms with Gasteiger partial charge in [-0.25, -0.2) is 4.98 Å². The van der Waals surface area contributed by atoms with Crippen LogP contribution in [0, 0.1) is 0 Å². The molecule has 0 saturated carbocycles. The van der Waals surface area contributed by atoms with Gasteiger partial charge in [0, 0.05) is 12.4 Å². The summed E-state index contributed by atoms with van der Waals surface area (Å²) in [7, 11) is 0. The molecule has 0 radical (unpaired) electrons. The third-order valence-electron chi connectivity index (χ3n) is 2.48. The highest BCUT2D eigenvalue weighted by Crippen LogP contribution is 2.28. The van der Waals surface area contributed by atoms with Crippen LogP contribution in [0.1, 0.15) is 0 Å². The van der Waals surface area contributed by atoms with Crippen molar-refractivity contribution in [2.75, 3.05) is 0 Å². The topological polar surface area (TPSA) is 58.1 Å². The smallest absolute Gasteiger partial charge is 0.140 e. The van der Waals surface area contributed by atoms with Crippen molar-refractivity contribution in [2.45, 2.75) is 0 Å². The summed E-state index contributed by atoms with van der Waals surface area (Å²) in [5.41, 5.74) is 0.793. The number of benzene rings is 1. The van der Waals surface area contributed by atoms with Gasteiger partial charge in [0.25, 0.3) is 0 Å². The van der Waals surface area contributed by atoms with Gasteiger partial charge < -0.3 is 14.8 Å². The number of hydrogen-bond acceptors (Lipinski definition) is 3. The summed E-state index contributed by atoms with van der Waals surface area (Å²) < 4.78 is 5.73. The molecule has 0 aliphatic carbocycles. The Labute approximate surface area is 97.5 Å². The third kappa shape index (κ3) is 1.80. The fourth-order valence-corrected chi connectivity index (χ4v) is 1.67. The maximum absolute atomic E-state index is 9.19. The number of ether oxygens (including phenoxy) is 1. The van der Waals surface area contributed by atoms with Gasteiger partial charge in [-0.1, -0.05) is 0 Å². The minimum Gasteiger partial charge on any atom is -0.508 e. The third-order valence-corrected chi connectivity index (χ3v) is 2.48. The van der Waals surface area contributed by atoms with Crippen LogP contribution in [0.25, 0.3) is 11.0 Å². The molecule has 3 rings (SSSR count). The molecule has 0 spiro atoms. The van der Waals surface area contributed by atoms with Crippen LogP contribution >= 0.6 is 0 Å². The Morgan fingerprint density at radius 3 is 2.71 bits per heavy atom. The molecule has 17 heavy (non-hydrogen) atoms. The molecule has 84 valence electrons. The van der Waals surface area contributed by atoms with Crippen molar-refractivity contribution in [1.82, 2.24) is 9.97 Å². The van der Waals surface area contributed by atoms with Gasteiger partial charge in [0.1, 0.15) is 22.9 Å². The second kappa shape index (κ2) is 3.83. The minimum atomic E-state index is 0.221. The zero-order valence-corrected chi connectivity index (χ0v) is 8.92. The van der Waals surface area contributed by atoms with E-state index in [0.29, 0.717) is 5.75 Å². The summed E-state index contributed by atoms with van der Waals surface area (Å²) in [5.74, 6) is 1.64. The molecule has 0 bridgehead atoms. The zero-order chi connectivity index (χ0) is 11.7. The van der Waals surface area contributed by atoms with E-state index in [0.717, 1.165) is 16.8 Å². The molecule has 4 heteroatoms. The minimum absolute atomic E-state index is 0.221. The highest BCUT2D eigenvalue weighted by molar-refractivity contribution is 5.82. The maximum atomic E-state index is 9.19. The number of nitrogens with one attached hydrogen (secondary N) is 1. The molecule has 0 aliphatic rings. The molecule has 0 atom stereocenters. The molecular formula is C13H10N2O2. The molecule has 4 nitrogen and oxygen atoms in total. The van der Waals surface area contributed by atoms with Crippen LogP contribution in [-0.4, -0.2) is 15.1 Å². The summed E-state index contributed by atoms with van der Waals surface area (Å²) in [6, 6.07) is 10.3. The van der Waals surface area contributed by atoms with Gasteiger partial charge in [-0.15, -0.1) is 0 Å². The maximum Gasteiger partial charge on any atom is 0.140 e. The molecule has 0 fully saturated rings. The van der Waals surface area contributed by atoms with E-state index in [9.17, 15) is 5.11 Å². The van der Waals surface area contributed by atoms with Gasteiger partial charge in [0.05, 0.1) is 5.39 Å². The average molecular weight is 226 g/mol. The van der Waals surface area contributed by atoms with Gasteiger partial charge in [-0.05, 0) is 36.4 Å². The number of nitrogens with zero attached hydrogens (tertiary/aromatic N) is 1. The van der Waals surface area contributed by atoms with E-state index in [2.05, 4.69) is 9.97 Å². The Bertz CT molecular complexity index is 644. The van der Waals surface area contributed by atoms with Crippen LogP contribution < -0.4 is 4.74 Å². The van der Waals surface area contributed by atoms with Gasteiger partial charge in [-0.2, -0.15) is 0 Å². The second-order valence-electron chi connectivity index (χ2n) is 3.65. The molecule has 1 aromatic carbocycles.